The zero-order valence-electron chi connectivity index (χ0n) is 15.2. The van der Waals surface area contributed by atoms with Gasteiger partial charge in [-0.05, 0) is 19.3 Å². The molecule has 0 saturated heterocycles. The topological polar surface area (TPSA) is 43.4 Å². The molecule has 1 unspecified atom stereocenters. The highest BCUT2D eigenvalue weighted by Crippen LogP contribution is 2.34. The van der Waals surface area contributed by atoms with E-state index in [4.69, 9.17) is 16.3 Å². The van der Waals surface area contributed by atoms with Gasteiger partial charge in [0.1, 0.15) is 5.88 Å². The maximum atomic E-state index is 12.8. The summed E-state index contributed by atoms with van der Waals surface area (Å²) in [5.74, 6) is -0.818. The maximum absolute atomic E-state index is 12.8. The van der Waals surface area contributed by atoms with Crippen LogP contribution in [0.4, 0.5) is 5.69 Å². The van der Waals surface area contributed by atoms with E-state index in [1.54, 1.807) is 0 Å². The molecule has 0 bridgehead atoms. The van der Waals surface area contributed by atoms with Gasteiger partial charge in [0.15, 0.2) is 5.69 Å². The van der Waals surface area contributed by atoms with E-state index < -0.39 is 4.48 Å². The second kappa shape index (κ2) is 9.92. The molecule has 4 nitrogen and oxygen atoms in total. The molecule has 0 aromatic heterocycles. The van der Waals surface area contributed by atoms with Crippen LogP contribution in [-0.2, 0) is 27.2 Å². The van der Waals surface area contributed by atoms with E-state index in [0.717, 1.165) is 42.5 Å². The summed E-state index contributed by atoms with van der Waals surface area (Å²) in [6, 6.07) is 5.91. The van der Waals surface area contributed by atoms with Crippen molar-refractivity contribution in [2.24, 2.45) is 0 Å². The van der Waals surface area contributed by atoms with Crippen molar-refractivity contribution in [2.75, 3.05) is 19.2 Å². The monoisotopic (exact) mass is 354 g/mol. The number of carbonyl (C=O) groups excluding carboxylic acids is 2. The predicted molar refractivity (Wildman–Crippen MR) is 99.1 cm³/mol. The number of quaternary nitrogens is 1. The zero-order valence-corrected chi connectivity index (χ0v) is 16.0. The number of amides is 2. The van der Waals surface area contributed by atoms with E-state index >= 15 is 0 Å². The number of imide groups is 1. The molecule has 0 saturated carbocycles. The SMILES string of the molecule is CCCCOC[N+](C(C)=O)(C(=O)CCl)c1c(CC)cccc1CC. The van der Waals surface area contributed by atoms with Gasteiger partial charge in [0.05, 0.1) is 13.5 Å². The quantitative estimate of drug-likeness (QED) is 0.289. The molecule has 0 fully saturated rings. The Balaban J connectivity index is 3.52. The van der Waals surface area contributed by atoms with Crippen LogP contribution < -0.4 is 4.48 Å². The van der Waals surface area contributed by atoms with Crippen molar-refractivity contribution in [3.8, 4) is 0 Å². The van der Waals surface area contributed by atoms with Gasteiger partial charge in [-0.3, -0.25) is 0 Å². The number of alkyl halides is 1. The second-order valence-electron chi connectivity index (χ2n) is 5.88. The lowest BCUT2D eigenvalue weighted by Gasteiger charge is -2.34. The van der Waals surface area contributed by atoms with Gasteiger partial charge in [0.2, 0.25) is 6.73 Å². The summed E-state index contributed by atoms with van der Waals surface area (Å²) in [4.78, 5) is 25.5. The highest BCUT2D eigenvalue weighted by atomic mass is 35.5. The smallest absolute Gasteiger partial charge is 0.330 e. The fourth-order valence-electron chi connectivity index (χ4n) is 2.94. The molecule has 1 aromatic carbocycles. The number of benzene rings is 1. The van der Waals surface area contributed by atoms with E-state index in [9.17, 15) is 9.59 Å². The molecule has 0 spiro atoms. The minimum absolute atomic E-state index is 0.00486. The van der Waals surface area contributed by atoms with E-state index in [1.807, 2.05) is 32.0 Å². The van der Waals surface area contributed by atoms with Crippen LogP contribution in [0, 0.1) is 0 Å². The molecular formula is C19H29ClNO3+. The Kier molecular flexibility index (Phi) is 8.60. The number of nitrogens with zero attached hydrogens (tertiary/aromatic N) is 1. The fraction of sp³-hybridized carbons (Fsp3) is 0.579. The summed E-state index contributed by atoms with van der Waals surface area (Å²) in [6.07, 6.45) is 3.36. The van der Waals surface area contributed by atoms with Crippen LogP contribution in [0.1, 0.15) is 51.7 Å². The van der Waals surface area contributed by atoms with E-state index in [-0.39, 0.29) is 24.4 Å². The molecule has 0 heterocycles. The van der Waals surface area contributed by atoms with E-state index in [1.165, 1.54) is 6.92 Å². The Morgan fingerprint density at radius 1 is 1.12 bits per heavy atom. The van der Waals surface area contributed by atoms with Crippen molar-refractivity contribution in [1.82, 2.24) is 4.48 Å². The molecule has 0 aliphatic heterocycles. The Morgan fingerprint density at radius 3 is 2.12 bits per heavy atom. The molecule has 0 aliphatic rings. The number of rotatable bonds is 9. The van der Waals surface area contributed by atoms with E-state index in [0.29, 0.717) is 6.61 Å². The Morgan fingerprint density at radius 2 is 1.71 bits per heavy atom. The van der Waals surface area contributed by atoms with Crippen molar-refractivity contribution in [2.45, 2.75) is 53.4 Å². The first kappa shape index (κ1) is 20.8. The fourth-order valence-corrected chi connectivity index (χ4v) is 3.14. The number of para-hydroxylation sites is 1. The lowest BCUT2D eigenvalue weighted by atomic mass is 9.99. The van der Waals surface area contributed by atoms with Gasteiger partial charge < -0.3 is 4.74 Å². The maximum Gasteiger partial charge on any atom is 0.342 e. The van der Waals surface area contributed by atoms with Crippen LogP contribution in [0.25, 0.3) is 0 Å². The average molecular weight is 355 g/mol. The summed E-state index contributed by atoms with van der Waals surface area (Å²) in [6.45, 7) is 8.09. The van der Waals surface area contributed by atoms with Gasteiger partial charge in [-0.1, -0.05) is 45.4 Å². The Hall–Kier alpha value is -1.23. The number of hydrogen-bond acceptors (Lipinski definition) is 3. The summed E-state index contributed by atoms with van der Waals surface area (Å²) < 4.78 is 5.29. The average Bonchev–Trinajstić information content (AvgIpc) is 2.60. The van der Waals surface area contributed by atoms with Gasteiger partial charge >= 0.3 is 11.8 Å². The van der Waals surface area contributed by atoms with Crippen LogP contribution in [0.3, 0.4) is 0 Å². The lowest BCUT2D eigenvalue weighted by Crippen LogP contribution is -2.60. The number of ether oxygens (including phenoxy) is 1. The normalized spacial score (nSPS) is 13.5. The van der Waals surface area contributed by atoms with Crippen molar-refractivity contribution >= 4 is 29.1 Å². The summed E-state index contributed by atoms with van der Waals surface area (Å²) in [5.41, 5.74) is 2.72. The van der Waals surface area contributed by atoms with Gasteiger partial charge in [0.25, 0.3) is 0 Å². The number of unbranched alkanes of at least 4 members (excludes halogenated alkanes) is 1. The molecule has 1 atom stereocenters. The van der Waals surface area contributed by atoms with Crippen molar-refractivity contribution < 1.29 is 14.3 Å². The zero-order chi connectivity index (χ0) is 18.2. The van der Waals surface area contributed by atoms with Gasteiger partial charge in [-0.15, -0.1) is 16.1 Å². The summed E-state index contributed by atoms with van der Waals surface area (Å²) >= 11 is 5.89. The van der Waals surface area contributed by atoms with Gasteiger partial charge in [0, 0.05) is 11.1 Å². The van der Waals surface area contributed by atoms with Crippen LogP contribution in [0.2, 0.25) is 0 Å². The largest absolute Gasteiger partial charge is 0.342 e. The first-order chi connectivity index (χ1) is 11.5. The van der Waals surface area contributed by atoms with Crippen LogP contribution in [0.5, 0.6) is 0 Å². The molecule has 1 rings (SSSR count). The van der Waals surface area contributed by atoms with Crippen molar-refractivity contribution in [3.05, 3.63) is 29.3 Å². The molecule has 0 N–H and O–H groups in total. The molecular weight excluding hydrogens is 326 g/mol. The summed E-state index contributed by atoms with van der Waals surface area (Å²) in [7, 11) is 0. The molecule has 134 valence electrons. The van der Waals surface area contributed by atoms with Gasteiger partial charge in [-0.25, -0.2) is 9.59 Å². The molecule has 1 aromatic rings. The summed E-state index contributed by atoms with van der Waals surface area (Å²) in [5, 5.41) is 0. The minimum Gasteiger partial charge on any atom is -0.330 e. The minimum atomic E-state index is -0.458. The highest BCUT2D eigenvalue weighted by molar-refractivity contribution is 6.30. The first-order valence-electron chi connectivity index (χ1n) is 8.67. The highest BCUT2D eigenvalue weighted by Gasteiger charge is 2.46. The number of hydrogen-bond donors (Lipinski definition) is 0. The molecule has 0 aliphatic carbocycles. The molecule has 2 amide bonds. The third-order valence-electron chi connectivity index (χ3n) is 4.35. The first-order valence-corrected chi connectivity index (χ1v) is 9.20. The predicted octanol–water partition coefficient (Wildman–Crippen LogP) is 4.20. The van der Waals surface area contributed by atoms with Crippen molar-refractivity contribution in [1.29, 1.82) is 0 Å². The Bertz CT molecular complexity index is 551. The van der Waals surface area contributed by atoms with Crippen LogP contribution >= 0.6 is 11.6 Å². The third kappa shape index (κ3) is 4.24. The third-order valence-corrected chi connectivity index (χ3v) is 4.58. The van der Waals surface area contributed by atoms with Gasteiger partial charge in [-0.2, -0.15) is 0 Å². The van der Waals surface area contributed by atoms with E-state index in [2.05, 4.69) is 6.92 Å². The molecule has 24 heavy (non-hydrogen) atoms. The second-order valence-corrected chi connectivity index (χ2v) is 6.15. The number of carbonyl (C=O) groups is 2. The molecule has 5 heteroatoms. The number of halogens is 1. The standard InChI is InChI=1S/C19H29ClNO3/c1-5-8-12-24-14-21(15(4)22,18(23)13-20)19-16(6-2)10-9-11-17(19)7-3/h9-11H,5-8,12-14H2,1-4H3/q+1. The van der Waals surface area contributed by atoms with Crippen LogP contribution in [-0.4, -0.2) is 31.0 Å². The Labute approximate surface area is 150 Å². The number of aryl methyl sites for hydroxylation is 2. The molecule has 0 radical (unpaired) electrons. The van der Waals surface area contributed by atoms with Crippen LogP contribution in [0.15, 0.2) is 18.2 Å². The lowest BCUT2D eigenvalue weighted by molar-refractivity contribution is -0.147. The van der Waals surface area contributed by atoms with Crippen molar-refractivity contribution in [3.63, 3.8) is 0 Å².